The maximum Gasteiger partial charge on any atom is 0.168 e. The van der Waals surface area contributed by atoms with Crippen molar-refractivity contribution < 1.29 is 24.0 Å². The quantitative estimate of drug-likeness (QED) is 0.495. The van der Waals surface area contributed by atoms with Crippen LogP contribution < -0.4 is 0 Å². The first kappa shape index (κ1) is 9.57. The van der Waals surface area contributed by atoms with Crippen molar-refractivity contribution in [3.63, 3.8) is 0 Å². The Kier molecular flexibility index (Phi) is 1.41. The standard InChI is InChI=1S/C11H8O5/c1-11-2-3-6(12)4(9(11)15)8(14)5(7(3)13)10(11)16/h3-5H,2H2,1H3. The molecular weight excluding hydrogens is 212 g/mol. The first-order valence-corrected chi connectivity index (χ1v) is 5.09. The van der Waals surface area contributed by atoms with Crippen LogP contribution in [0.25, 0.3) is 0 Å². The van der Waals surface area contributed by atoms with E-state index in [0.29, 0.717) is 0 Å². The van der Waals surface area contributed by atoms with Crippen molar-refractivity contribution in [1.82, 2.24) is 0 Å². The van der Waals surface area contributed by atoms with Gasteiger partial charge in [0.05, 0.1) is 11.3 Å². The van der Waals surface area contributed by atoms with Crippen molar-refractivity contribution in [2.24, 2.45) is 23.2 Å². The summed E-state index contributed by atoms with van der Waals surface area (Å²) in [4.78, 5) is 58.8. The summed E-state index contributed by atoms with van der Waals surface area (Å²) >= 11 is 0. The third-order valence-electron chi connectivity index (χ3n) is 4.05. The molecule has 0 aromatic carbocycles. The van der Waals surface area contributed by atoms with Crippen LogP contribution >= 0.6 is 0 Å². The lowest BCUT2D eigenvalue weighted by molar-refractivity contribution is -0.173. The zero-order valence-corrected chi connectivity index (χ0v) is 8.48. The predicted molar refractivity (Wildman–Crippen MR) is 48.2 cm³/mol. The first-order valence-electron chi connectivity index (χ1n) is 5.09. The summed E-state index contributed by atoms with van der Waals surface area (Å²) in [6.07, 6.45) is -0.0391. The van der Waals surface area contributed by atoms with Crippen LogP contribution in [0.1, 0.15) is 13.3 Å². The van der Waals surface area contributed by atoms with Gasteiger partial charge in [0.25, 0.3) is 0 Å². The van der Waals surface area contributed by atoms with E-state index in [-0.39, 0.29) is 6.42 Å². The minimum atomic E-state index is -1.34. The van der Waals surface area contributed by atoms with Gasteiger partial charge in [-0.25, -0.2) is 0 Å². The van der Waals surface area contributed by atoms with Gasteiger partial charge in [-0.3, -0.25) is 24.0 Å². The summed E-state index contributed by atoms with van der Waals surface area (Å²) in [5, 5.41) is 0. The normalized spacial score (nSPS) is 45.8. The summed E-state index contributed by atoms with van der Waals surface area (Å²) in [5.41, 5.74) is -1.28. The van der Waals surface area contributed by atoms with Crippen molar-refractivity contribution in [2.75, 3.05) is 0 Å². The monoisotopic (exact) mass is 220 g/mol. The third kappa shape index (κ3) is 0.710. The molecule has 4 fully saturated rings. The van der Waals surface area contributed by atoms with Crippen LogP contribution in [0.5, 0.6) is 0 Å². The summed E-state index contributed by atoms with van der Waals surface area (Å²) < 4.78 is 0. The summed E-state index contributed by atoms with van der Waals surface area (Å²) in [5.74, 6) is -6.79. The lowest BCUT2D eigenvalue weighted by atomic mass is 9.47. The molecular formula is C11H8O5. The Morgan fingerprint density at radius 3 is 1.75 bits per heavy atom. The Bertz CT molecular complexity index is 463. The van der Waals surface area contributed by atoms with Crippen LogP contribution in [-0.4, -0.2) is 28.9 Å². The minimum Gasteiger partial charge on any atom is -0.298 e. The van der Waals surface area contributed by atoms with Crippen LogP contribution in [0, 0.1) is 23.2 Å². The Balaban J connectivity index is 2.28. The van der Waals surface area contributed by atoms with E-state index in [4.69, 9.17) is 0 Å². The highest BCUT2D eigenvalue weighted by molar-refractivity contribution is 6.46. The molecule has 16 heavy (non-hydrogen) atoms. The summed E-state index contributed by atoms with van der Waals surface area (Å²) in [7, 11) is 0. The number of hydrogen-bond donors (Lipinski definition) is 0. The lowest BCUT2D eigenvalue weighted by Crippen LogP contribution is -2.70. The Morgan fingerprint density at radius 1 is 0.875 bits per heavy atom. The minimum absolute atomic E-state index is 0.0391. The van der Waals surface area contributed by atoms with E-state index < -0.39 is 52.1 Å². The molecule has 2 unspecified atom stereocenters. The molecule has 0 heterocycles. The molecule has 0 radical (unpaired) electrons. The fourth-order valence-corrected chi connectivity index (χ4v) is 3.08. The maximum atomic E-state index is 11.9. The van der Waals surface area contributed by atoms with Gasteiger partial charge in [-0.05, 0) is 13.3 Å². The molecule has 0 aromatic heterocycles. The first-order chi connectivity index (χ1) is 7.39. The summed E-state index contributed by atoms with van der Waals surface area (Å²) in [6.45, 7) is 1.44. The van der Waals surface area contributed by atoms with Gasteiger partial charge in [0.1, 0.15) is 11.8 Å². The van der Waals surface area contributed by atoms with E-state index in [0.717, 1.165) is 0 Å². The van der Waals surface area contributed by atoms with Crippen LogP contribution in [0.2, 0.25) is 0 Å². The van der Waals surface area contributed by atoms with E-state index in [1.54, 1.807) is 0 Å². The molecule has 0 N–H and O–H groups in total. The molecule has 0 amide bonds. The molecule has 0 saturated heterocycles. The Hall–Kier alpha value is -1.65. The zero-order chi connectivity index (χ0) is 11.8. The second kappa shape index (κ2) is 2.36. The second-order valence-corrected chi connectivity index (χ2v) is 4.89. The molecule has 4 rings (SSSR count). The number of Topliss-reactive ketones (excluding diaryl/α,β-unsaturated/α-hetero) is 5. The molecule has 82 valence electrons. The number of rotatable bonds is 0. The highest BCUT2D eigenvalue weighted by Gasteiger charge is 2.70. The van der Waals surface area contributed by atoms with Gasteiger partial charge in [-0.1, -0.05) is 0 Å². The largest absolute Gasteiger partial charge is 0.298 e. The number of ketones is 5. The van der Waals surface area contributed by atoms with Crippen LogP contribution in [0.4, 0.5) is 0 Å². The van der Waals surface area contributed by atoms with Gasteiger partial charge in [0.15, 0.2) is 28.9 Å². The Labute approximate surface area is 90.2 Å². The second-order valence-electron chi connectivity index (χ2n) is 4.89. The van der Waals surface area contributed by atoms with Gasteiger partial charge < -0.3 is 0 Å². The average molecular weight is 220 g/mol. The molecule has 0 spiro atoms. The molecule has 4 bridgehead atoms. The van der Waals surface area contributed by atoms with Gasteiger partial charge >= 0.3 is 0 Å². The summed E-state index contributed by atoms with van der Waals surface area (Å²) in [6, 6.07) is 0. The molecule has 5 heteroatoms. The number of carbonyl (C=O) groups is 5. The third-order valence-corrected chi connectivity index (χ3v) is 4.05. The molecule has 0 aliphatic heterocycles. The molecule has 2 atom stereocenters. The maximum absolute atomic E-state index is 11.9. The van der Waals surface area contributed by atoms with Crippen molar-refractivity contribution in [3.05, 3.63) is 0 Å². The number of carbonyl (C=O) groups excluding carboxylic acids is 5. The van der Waals surface area contributed by atoms with Crippen molar-refractivity contribution in [2.45, 2.75) is 13.3 Å². The van der Waals surface area contributed by atoms with Crippen LogP contribution in [-0.2, 0) is 24.0 Å². The topological polar surface area (TPSA) is 85.3 Å². The molecule has 4 aliphatic carbocycles. The average Bonchev–Trinajstić information content (AvgIpc) is 2.20. The van der Waals surface area contributed by atoms with E-state index >= 15 is 0 Å². The zero-order valence-electron chi connectivity index (χ0n) is 8.48. The molecule has 4 aliphatic rings. The van der Waals surface area contributed by atoms with E-state index in [9.17, 15) is 24.0 Å². The van der Waals surface area contributed by atoms with Gasteiger partial charge in [0, 0.05) is 0 Å². The highest BCUT2D eigenvalue weighted by Crippen LogP contribution is 2.51. The van der Waals surface area contributed by atoms with Gasteiger partial charge in [-0.15, -0.1) is 0 Å². The fourth-order valence-electron chi connectivity index (χ4n) is 3.08. The van der Waals surface area contributed by atoms with Crippen molar-refractivity contribution in [3.8, 4) is 0 Å². The highest BCUT2D eigenvalue weighted by atomic mass is 16.2. The lowest BCUT2D eigenvalue weighted by Gasteiger charge is -2.48. The SMILES string of the molecule is CC12CC3C(=O)C(C(=O)C(C3=O)C1=O)C2=O. The molecule has 5 nitrogen and oxygen atoms in total. The molecule has 4 saturated carbocycles. The Morgan fingerprint density at radius 2 is 1.31 bits per heavy atom. The van der Waals surface area contributed by atoms with Crippen LogP contribution in [0.15, 0.2) is 0 Å². The van der Waals surface area contributed by atoms with Crippen LogP contribution in [0.3, 0.4) is 0 Å². The van der Waals surface area contributed by atoms with E-state index in [1.165, 1.54) is 6.92 Å². The van der Waals surface area contributed by atoms with E-state index in [1.807, 2.05) is 0 Å². The fraction of sp³-hybridized carbons (Fsp3) is 0.545. The van der Waals surface area contributed by atoms with E-state index in [2.05, 4.69) is 0 Å². The van der Waals surface area contributed by atoms with Gasteiger partial charge in [-0.2, -0.15) is 0 Å². The van der Waals surface area contributed by atoms with Crippen molar-refractivity contribution in [1.29, 1.82) is 0 Å². The molecule has 0 aromatic rings. The number of hydrogen-bond acceptors (Lipinski definition) is 5. The van der Waals surface area contributed by atoms with Gasteiger partial charge in [0.2, 0.25) is 0 Å². The predicted octanol–water partition coefficient (Wildman–Crippen LogP) is -0.882. The smallest absolute Gasteiger partial charge is 0.168 e. The van der Waals surface area contributed by atoms with Crippen molar-refractivity contribution >= 4 is 28.9 Å².